The highest BCUT2D eigenvalue weighted by Crippen LogP contribution is 2.14. The van der Waals surface area contributed by atoms with E-state index in [1.165, 1.54) is 0 Å². The summed E-state index contributed by atoms with van der Waals surface area (Å²) in [7, 11) is 1.66. The standard InChI is InChI=1S/C21H34N4O4/c1-4-22-20(24-18-10-12-25(13-11-18)21(26)28-5-2)23-16-17-6-8-19(9-7-17)29-15-14-27-3/h6-9,18H,4-5,10-16H2,1-3H3,(H2,22,23,24). The molecule has 1 fully saturated rings. The van der Waals surface area contributed by atoms with Crippen molar-refractivity contribution < 1.29 is 19.0 Å². The fourth-order valence-corrected chi connectivity index (χ4v) is 3.04. The minimum Gasteiger partial charge on any atom is -0.491 e. The van der Waals surface area contributed by atoms with Crippen molar-refractivity contribution in [3.8, 4) is 5.75 Å². The van der Waals surface area contributed by atoms with Crippen LogP contribution in [0.25, 0.3) is 0 Å². The molecule has 162 valence electrons. The first-order valence-electron chi connectivity index (χ1n) is 10.3. The molecule has 1 aromatic carbocycles. The van der Waals surface area contributed by atoms with Gasteiger partial charge in [0.25, 0.3) is 0 Å². The number of aliphatic imine (C=N–C) groups is 1. The molecule has 1 heterocycles. The lowest BCUT2D eigenvalue weighted by atomic mass is 10.1. The summed E-state index contributed by atoms with van der Waals surface area (Å²) >= 11 is 0. The predicted octanol–water partition coefficient (Wildman–Crippen LogP) is 2.39. The SMILES string of the molecule is CCNC(=NCc1ccc(OCCOC)cc1)NC1CCN(C(=O)OCC)CC1. The summed E-state index contributed by atoms with van der Waals surface area (Å²) in [6.45, 7) is 8.16. The van der Waals surface area contributed by atoms with Crippen molar-refractivity contribution >= 4 is 12.1 Å². The molecule has 29 heavy (non-hydrogen) atoms. The molecule has 2 N–H and O–H groups in total. The molecule has 1 amide bonds. The van der Waals surface area contributed by atoms with Crippen LogP contribution in [0.5, 0.6) is 5.75 Å². The van der Waals surface area contributed by atoms with Gasteiger partial charge in [0, 0.05) is 32.8 Å². The van der Waals surface area contributed by atoms with Crippen LogP contribution >= 0.6 is 0 Å². The van der Waals surface area contributed by atoms with Crippen LogP contribution < -0.4 is 15.4 Å². The minimum absolute atomic E-state index is 0.221. The van der Waals surface area contributed by atoms with E-state index in [0.29, 0.717) is 39.5 Å². The van der Waals surface area contributed by atoms with Crippen molar-refractivity contribution in [1.82, 2.24) is 15.5 Å². The molecular formula is C21H34N4O4. The average molecular weight is 407 g/mol. The molecule has 1 aliphatic rings. The van der Waals surface area contributed by atoms with E-state index in [1.807, 2.05) is 38.1 Å². The van der Waals surface area contributed by atoms with Gasteiger partial charge in [-0.05, 0) is 44.4 Å². The van der Waals surface area contributed by atoms with E-state index >= 15 is 0 Å². The Bertz CT molecular complexity index is 628. The quantitative estimate of drug-likeness (QED) is 0.372. The van der Waals surface area contributed by atoms with Crippen LogP contribution in [0.4, 0.5) is 4.79 Å². The lowest BCUT2D eigenvalue weighted by Crippen LogP contribution is -2.49. The Morgan fingerprint density at radius 1 is 1.17 bits per heavy atom. The molecule has 0 unspecified atom stereocenters. The lowest BCUT2D eigenvalue weighted by Gasteiger charge is -2.32. The zero-order chi connectivity index (χ0) is 20.9. The van der Waals surface area contributed by atoms with Gasteiger partial charge in [-0.15, -0.1) is 0 Å². The maximum Gasteiger partial charge on any atom is 0.409 e. The summed E-state index contributed by atoms with van der Waals surface area (Å²) < 4.78 is 15.6. The highest BCUT2D eigenvalue weighted by molar-refractivity contribution is 5.80. The molecular weight excluding hydrogens is 372 g/mol. The minimum atomic E-state index is -0.221. The van der Waals surface area contributed by atoms with Crippen molar-refractivity contribution in [1.29, 1.82) is 0 Å². The number of hydrogen-bond donors (Lipinski definition) is 2. The zero-order valence-corrected chi connectivity index (χ0v) is 17.8. The van der Waals surface area contributed by atoms with Gasteiger partial charge in [0.2, 0.25) is 0 Å². The van der Waals surface area contributed by atoms with E-state index in [0.717, 1.165) is 36.7 Å². The third-order valence-corrected chi connectivity index (χ3v) is 4.61. The van der Waals surface area contributed by atoms with Crippen LogP contribution in [0.15, 0.2) is 29.3 Å². The normalized spacial score (nSPS) is 15.1. The van der Waals surface area contributed by atoms with Gasteiger partial charge in [-0.1, -0.05) is 12.1 Å². The Labute approximate surface area is 173 Å². The van der Waals surface area contributed by atoms with Crippen LogP contribution in [0.2, 0.25) is 0 Å². The number of methoxy groups -OCH3 is 1. The summed E-state index contributed by atoms with van der Waals surface area (Å²) in [5, 5.41) is 6.78. The van der Waals surface area contributed by atoms with Gasteiger partial charge in [0.1, 0.15) is 12.4 Å². The van der Waals surface area contributed by atoms with Crippen LogP contribution in [-0.2, 0) is 16.0 Å². The third kappa shape index (κ3) is 8.19. The number of carbonyl (C=O) groups is 1. The van der Waals surface area contributed by atoms with Crippen molar-refractivity contribution in [3.63, 3.8) is 0 Å². The Morgan fingerprint density at radius 2 is 1.90 bits per heavy atom. The number of guanidine groups is 1. The molecule has 0 radical (unpaired) electrons. The number of piperidine rings is 1. The fraction of sp³-hybridized carbons (Fsp3) is 0.619. The van der Waals surface area contributed by atoms with Crippen molar-refractivity contribution in [2.45, 2.75) is 39.3 Å². The summed E-state index contributed by atoms with van der Waals surface area (Å²) in [6.07, 6.45) is 1.52. The maximum absolute atomic E-state index is 11.8. The first-order valence-corrected chi connectivity index (χ1v) is 10.3. The third-order valence-electron chi connectivity index (χ3n) is 4.61. The number of hydrogen-bond acceptors (Lipinski definition) is 5. The first kappa shape index (κ1) is 22.8. The molecule has 0 aromatic heterocycles. The number of nitrogens with zero attached hydrogens (tertiary/aromatic N) is 2. The molecule has 2 rings (SSSR count). The van der Waals surface area contributed by atoms with Gasteiger partial charge >= 0.3 is 6.09 Å². The maximum atomic E-state index is 11.8. The molecule has 1 aromatic rings. The molecule has 0 spiro atoms. The van der Waals surface area contributed by atoms with Crippen LogP contribution in [0.3, 0.4) is 0 Å². The van der Waals surface area contributed by atoms with Gasteiger partial charge in [-0.2, -0.15) is 0 Å². The number of carbonyl (C=O) groups excluding carboxylic acids is 1. The van der Waals surface area contributed by atoms with Gasteiger partial charge in [-0.25, -0.2) is 9.79 Å². The van der Waals surface area contributed by atoms with Crippen LogP contribution in [0, 0.1) is 0 Å². The number of rotatable bonds is 9. The van der Waals surface area contributed by atoms with Crippen LogP contribution in [0.1, 0.15) is 32.3 Å². The van der Waals surface area contributed by atoms with Crippen molar-refractivity contribution in [2.24, 2.45) is 4.99 Å². The smallest absolute Gasteiger partial charge is 0.409 e. The average Bonchev–Trinajstić information content (AvgIpc) is 2.74. The predicted molar refractivity (Wildman–Crippen MR) is 113 cm³/mol. The topological polar surface area (TPSA) is 84.4 Å². The van der Waals surface area contributed by atoms with E-state index in [1.54, 1.807) is 12.0 Å². The highest BCUT2D eigenvalue weighted by atomic mass is 16.6. The summed E-state index contributed by atoms with van der Waals surface area (Å²) in [4.78, 5) is 18.3. The molecule has 0 bridgehead atoms. The Morgan fingerprint density at radius 3 is 2.52 bits per heavy atom. The second-order valence-electron chi connectivity index (χ2n) is 6.78. The van der Waals surface area contributed by atoms with Crippen molar-refractivity contribution in [3.05, 3.63) is 29.8 Å². The highest BCUT2D eigenvalue weighted by Gasteiger charge is 2.24. The number of nitrogens with one attached hydrogen (secondary N) is 2. The van der Waals surface area contributed by atoms with E-state index < -0.39 is 0 Å². The summed E-state index contributed by atoms with van der Waals surface area (Å²) in [5.74, 6) is 1.62. The molecule has 1 aliphatic heterocycles. The van der Waals surface area contributed by atoms with E-state index in [-0.39, 0.29) is 12.1 Å². The number of ether oxygens (including phenoxy) is 3. The lowest BCUT2D eigenvalue weighted by molar-refractivity contribution is 0.0963. The molecule has 0 saturated carbocycles. The van der Waals surface area contributed by atoms with Crippen molar-refractivity contribution in [2.75, 3.05) is 46.6 Å². The molecule has 8 nitrogen and oxygen atoms in total. The van der Waals surface area contributed by atoms with E-state index in [9.17, 15) is 4.79 Å². The van der Waals surface area contributed by atoms with E-state index in [4.69, 9.17) is 19.2 Å². The summed E-state index contributed by atoms with van der Waals surface area (Å²) in [5.41, 5.74) is 1.11. The molecule has 0 atom stereocenters. The second-order valence-corrected chi connectivity index (χ2v) is 6.78. The summed E-state index contributed by atoms with van der Waals surface area (Å²) in [6, 6.07) is 8.23. The Hall–Kier alpha value is -2.48. The Balaban J connectivity index is 1.83. The number of likely N-dealkylation sites (tertiary alicyclic amines) is 1. The molecule has 0 aliphatic carbocycles. The monoisotopic (exact) mass is 406 g/mol. The Kier molecular flexibility index (Phi) is 10.1. The molecule has 8 heteroatoms. The molecule has 1 saturated heterocycles. The van der Waals surface area contributed by atoms with Gasteiger partial charge < -0.3 is 29.7 Å². The van der Waals surface area contributed by atoms with Gasteiger partial charge in [0.15, 0.2) is 5.96 Å². The fourth-order valence-electron chi connectivity index (χ4n) is 3.04. The van der Waals surface area contributed by atoms with E-state index in [2.05, 4.69) is 10.6 Å². The zero-order valence-electron chi connectivity index (χ0n) is 17.8. The number of benzene rings is 1. The second kappa shape index (κ2) is 12.9. The van der Waals surface area contributed by atoms with Gasteiger partial charge in [-0.3, -0.25) is 0 Å². The number of amides is 1. The van der Waals surface area contributed by atoms with Crippen LogP contribution in [-0.4, -0.2) is 69.6 Å². The van der Waals surface area contributed by atoms with Gasteiger partial charge in [0.05, 0.1) is 19.8 Å². The largest absolute Gasteiger partial charge is 0.491 e. The first-order chi connectivity index (χ1) is 14.2.